The van der Waals surface area contributed by atoms with Crippen molar-refractivity contribution in [3.05, 3.63) is 41.7 Å². The normalized spacial score (nSPS) is 26.4. The average molecular weight is 259 g/mol. The number of fused-ring (bicyclic) bond motifs is 1. The first-order chi connectivity index (χ1) is 9.09. The molecule has 3 rings (SSSR count). The molecule has 2 aliphatic rings. The van der Waals surface area contributed by atoms with Gasteiger partial charge in [-0.2, -0.15) is 0 Å². The van der Waals surface area contributed by atoms with E-state index in [9.17, 15) is 14.0 Å². The predicted molar refractivity (Wildman–Crippen MR) is 68.9 cm³/mol. The summed E-state index contributed by atoms with van der Waals surface area (Å²) in [7, 11) is 0. The summed E-state index contributed by atoms with van der Waals surface area (Å²) >= 11 is 0. The van der Waals surface area contributed by atoms with Crippen LogP contribution in [0, 0.1) is 17.7 Å². The highest BCUT2D eigenvalue weighted by molar-refractivity contribution is 6.22. The fraction of sp³-hybridized carbons (Fsp3) is 0.333. The molecule has 0 aromatic heterocycles. The highest BCUT2D eigenvalue weighted by Crippen LogP contribution is 2.40. The van der Waals surface area contributed by atoms with Gasteiger partial charge in [-0.15, -0.1) is 0 Å². The van der Waals surface area contributed by atoms with Crippen molar-refractivity contribution in [1.29, 1.82) is 0 Å². The minimum absolute atomic E-state index is 0.0737. The minimum atomic E-state index is -0.535. The first-order valence-electron chi connectivity index (χ1n) is 6.37. The number of imide groups is 1. The van der Waals surface area contributed by atoms with E-state index in [2.05, 4.69) is 0 Å². The van der Waals surface area contributed by atoms with E-state index in [0.29, 0.717) is 12.8 Å². The third-order valence-corrected chi connectivity index (χ3v) is 3.92. The molecular weight excluding hydrogens is 245 g/mol. The van der Waals surface area contributed by atoms with Crippen molar-refractivity contribution < 1.29 is 14.0 Å². The monoisotopic (exact) mass is 259 g/mol. The van der Waals surface area contributed by atoms with E-state index in [1.807, 2.05) is 13.0 Å². The van der Waals surface area contributed by atoms with Gasteiger partial charge in [0.1, 0.15) is 5.82 Å². The van der Waals surface area contributed by atoms with Gasteiger partial charge in [0.15, 0.2) is 0 Å². The molecule has 1 saturated heterocycles. The maximum absolute atomic E-state index is 13.8. The first kappa shape index (κ1) is 12.1. The van der Waals surface area contributed by atoms with Gasteiger partial charge in [0, 0.05) is 0 Å². The summed E-state index contributed by atoms with van der Waals surface area (Å²) in [6.07, 6.45) is 3.17. The lowest BCUT2D eigenvalue weighted by Crippen LogP contribution is -2.31. The van der Waals surface area contributed by atoms with Gasteiger partial charge in [-0.1, -0.05) is 23.8 Å². The number of benzene rings is 1. The summed E-state index contributed by atoms with van der Waals surface area (Å²) in [6.45, 7) is 1.96. The van der Waals surface area contributed by atoms with Crippen molar-refractivity contribution in [3.63, 3.8) is 0 Å². The number of carbonyl (C=O) groups excluding carboxylic acids is 2. The molecule has 0 radical (unpaired) electrons. The number of hydrogen-bond donors (Lipinski definition) is 0. The Labute approximate surface area is 110 Å². The zero-order valence-corrected chi connectivity index (χ0v) is 10.6. The Bertz CT molecular complexity index is 594. The molecule has 2 atom stereocenters. The van der Waals surface area contributed by atoms with Crippen LogP contribution in [0.15, 0.2) is 35.9 Å². The summed E-state index contributed by atoms with van der Waals surface area (Å²) < 4.78 is 13.8. The summed E-state index contributed by atoms with van der Waals surface area (Å²) in [4.78, 5) is 25.7. The molecule has 1 fully saturated rings. The maximum Gasteiger partial charge on any atom is 0.238 e. The molecule has 2 amide bonds. The van der Waals surface area contributed by atoms with E-state index in [1.54, 1.807) is 12.1 Å². The number of anilines is 1. The quantitative estimate of drug-likeness (QED) is 0.574. The molecule has 0 saturated carbocycles. The van der Waals surface area contributed by atoms with Crippen molar-refractivity contribution >= 4 is 17.5 Å². The van der Waals surface area contributed by atoms with E-state index >= 15 is 0 Å². The maximum atomic E-state index is 13.8. The van der Waals surface area contributed by atoms with E-state index in [-0.39, 0.29) is 29.3 Å². The number of allylic oxidation sites excluding steroid dienone is 2. The van der Waals surface area contributed by atoms with Gasteiger partial charge >= 0.3 is 0 Å². The van der Waals surface area contributed by atoms with Crippen LogP contribution in [0.3, 0.4) is 0 Å². The van der Waals surface area contributed by atoms with Crippen molar-refractivity contribution in [1.82, 2.24) is 0 Å². The van der Waals surface area contributed by atoms with E-state index in [4.69, 9.17) is 0 Å². The van der Waals surface area contributed by atoms with Crippen LogP contribution in [-0.4, -0.2) is 11.8 Å². The third-order valence-electron chi connectivity index (χ3n) is 3.92. The number of para-hydroxylation sites is 1. The second kappa shape index (κ2) is 4.30. The van der Waals surface area contributed by atoms with Crippen LogP contribution >= 0.6 is 0 Å². The Morgan fingerprint density at radius 3 is 2.58 bits per heavy atom. The molecule has 1 aliphatic heterocycles. The summed E-state index contributed by atoms with van der Waals surface area (Å²) in [5.41, 5.74) is 1.20. The highest BCUT2D eigenvalue weighted by Gasteiger charge is 2.49. The lowest BCUT2D eigenvalue weighted by atomic mass is 9.82. The van der Waals surface area contributed by atoms with Crippen LogP contribution in [0.1, 0.15) is 19.8 Å². The van der Waals surface area contributed by atoms with Gasteiger partial charge in [-0.25, -0.2) is 9.29 Å². The van der Waals surface area contributed by atoms with Crippen molar-refractivity contribution in [2.75, 3.05) is 4.90 Å². The van der Waals surface area contributed by atoms with Gasteiger partial charge in [0.2, 0.25) is 11.8 Å². The number of nitrogens with zero attached hydrogens (tertiary/aromatic N) is 1. The largest absolute Gasteiger partial charge is 0.274 e. The summed E-state index contributed by atoms with van der Waals surface area (Å²) in [5.74, 6) is -1.73. The van der Waals surface area contributed by atoms with Crippen LogP contribution in [0.25, 0.3) is 0 Å². The predicted octanol–water partition coefficient (Wildman–Crippen LogP) is 2.67. The average Bonchev–Trinajstić information content (AvgIpc) is 2.63. The number of carbonyl (C=O) groups is 2. The number of hydrogen-bond acceptors (Lipinski definition) is 2. The van der Waals surface area contributed by atoms with Gasteiger partial charge in [0.05, 0.1) is 17.5 Å². The van der Waals surface area contributed by atoms with E-state index in [0.717, 1.165) is 10.5 Å². The molecule has 1 aliphatic carbocycles. The van der Waals surface area contributed by atoms with Crippen molar-refractivity contribution in [3.8, 4) is 0 Å². The van der Waals surface area contributed by atoms with E-state index < -0.39 is 5.82 Å². The molecule has 0 unspecified atom stereocenters. The van der Waals surface area contributed by atoms with Gasteiger partial charge in [-0.3, -0.25) is 9.59 Å². The lowest BCUT2D eigenvalue weighted by Gasteiger charge is -2.18. The molecule has 4 heteroatoms. The van der Waals surface area contributed by atoms with Crippen LogP contribution in [0.2, 0.25) is 0 Å². The molecule has 1 aromatic rings. The van der Waals surface area contributed by atoms with E-state index in [1.165, 1.54) is 12.1 Å². The van der Waals surface area contributed by atoms with Crippen molar-refractivity contribution in [2.24, 2.45) is 11.8 Å². The van der Waals surface area contributed by atoms with Gasteiger partial charge < -0.3 is 0 Å². The highest BCUT2D eigenvalue weighted by atomic mass is 19.1. The minimum Gasteiger partial charge on any atom is -0.274 e. The Balaban J connectivity index is 2.00. The Hall–Kier alpha value is -1.97. The van der Waals surface area contributed by atoms with Crippen LogP contribution < -0.4 is 4.90 Å². The zero-order chi connectivity index (χ0) is 13.6. The number of rotatable bonds is 1. The molecular formula is C15H14FNO2. The van der Waals surface area contributed by atoms with Gasteiger partial charge in [0.25, 0.3) is 0 Å². The molecule has 1 heterocycles. The third kappa shape index (κ3) is 1.79. The van der Waals surface area contributed by atoms with Crippen LogP contribution in [0.5, 0.6) is 0 Å². The molecule has 98 valence electrons. The molecule has 0 bridgehead atoms. The lowest BCUT2D eigenvalue weighted by molar-refractivity contribution is -0.122. The molecule has 19 heavy (non-hydrogen) atoms. The molecule has 0 N–H and O–H groups in total. The SMILES string of the molecule is CC1=CC[C@H]2C(=O)N(c3ccccc3F)C(=O)[C@H]2C1. The second-order valence-corrected chi connectivity index (χ2v) is 5.17. The molecule has 1 aromatic carbocycles. The summed E-state index contributed by atoms with van der Waals surface area (Å²) in [6, 6.07) is 5.91. The fourth-order valence-electron chi connectivity index (χ4n) is 2.91. The Morgan fingerprint density at radius 1 is 1.16 bits per heavy atom. The van der Waals surface area contributed by atoms with Gasteiger partial charge in [-0.05, 0) is 31.9 Å². The Kier molecular flexibility index (Phi) is 2.73. The zero-order valence-electron chi connectivity index (χ0n) is 10.6. The summed E-state index contributed by atoms with van der Waals surface area (Å²) in [5, 5.41) is 0. The fourth-order valence-corrected chi connectivity index (χ4v) is 2.91. The second-order valence-electron chi connectivity index (χ2n) is 5.17. The topological polar surface area (TPSA) is 37.4 Å². The Morgan fingerprint density at radius 2 is 1.84 bits per heavy atom. The first-order valence-corrected chi connectivity index (χ1v) is 6.37. The standard InChI is InChI=1S/C15H14FNO2/c1-9-6-7-10-11(8-9)15(19)17(14(10)18)13-5-3-2-4-12(13)16/h2-6,10-11H,7-8H2,1H3/t10-,11+/m1/s1. The van der Waals surface area contributed by atoms with Crippen LogP contribution in [-0.2, 0) is 9.59 Å². The smallest absolute Gasteiger partial charge is 0.238 e. The number of halogens is 1. The molecule has 0 spiro atoms. The number of amides is 2. The van der Waals surface area contributed by atoms with Crippen molar-refractivity contribution in [2.45, 2.75) is 19.8 Å². The molecule has 3 nitrogen and oxygen atoms in total. The van der Waals surface area contributed by atoms with Crippen LogP contribution in [0.4, 0.5) is 10.1 Å².